The van der Waals surface area contributed by atoms with Crippen molar-refractivity contribution >= 4 is 14.5 Å². The minimum absolute atomic E-state index is 0.0431. The zero-order valence-electron chi connectivity index (χ0n) is 22.3. The van der Waals surface area contributed by atoms with Crippen molar-refractivity contribution in [1.29, 1.82) is 0 Å². The van der Waals surface area contributed by atoms with E-state index in [0.29, 0.717) is 12.0 Å². The molecule has 0 fully saturated rings. The number of nitrogens with zero attached hydrogens (tertiary/aromatic N) is 1. The van der Waals surface area contributed by atoms with Crippen molar-refractivity contribution in [3.05, 3.63) is 87.4 Å². The topological polar surface area (TPSA) is 121 Å². The van der Waals surface area contributed by atoms with Gasteiger partial charge in [0.2, 0.25) is 0 Å². The normalized spacial score (nSPS) is 13.6. The minimum atomic E-state index is -1.91. The molecule has 0 saturated heterocycles. The molecule has 0 radical (unpaired) electrons. The lowest BCUT2D eigenvalue weighted by atomic mass is 10.1. The number of aromatic nitrogens is 2. The largest absolute Gasteiger partial charge is 0.462 e. The second-order valence-electron chi connectivity index (χ2n) is 8.81. The number of halogens is 1. The average Bonchev–Trinajstić information content (AvgIpc) is 2.89. The SMILES string of the molecule is CCC(COP(NCC(=O)OC(C)C)Oc1ccc(-c2ccccc2)c(F)c1)OC(C)n1ccc(=O)[nH]c1=O. The van der Waals surface area contributed by atoms with Crippen molar-refractivity contribution in [3.63, 3.8) is 0 Å². The van der Waals surface area contributed by atoms with Crippen molar-refractivity contribution in [3.8, 4) is 16.9 Å². The highest BCUT2D eigenvalue weighted by atomic mass is 31.2. The molecule has 0 aliphatic carbocycles. The first-order valence-corrected chi connectivity index (χ1v) is 13.7. The molecule has 0 aliphatic rings. The summed E-state index contributed by atoms with van der Waals surface area (Å²) in [7, 11) is -1.91. The van der Waals surface area contributed by atoms with Crippen LogP contribution in [0.25, 0.3) is 11.1 Å². The Morgan fingerprint density at radius 3 is 2.49 bits per heavy atom. The van der Waals surface area contributed by atoms with Crippen LogP contribution in [0.4, 0.5) is 4.39 Å². The molecule has 0 spiro atoms. The van der Waals surface area contributed by atoms with Crippen molar-refractivity contribution in [2.24, 2.45) is 0 Å². The van der Waals surface area contributed by atoms with Crippen LogP contribution in [-0.4, -0.2) is 40.9 Å². The molecule has 39 heavy (non-hydrogen) atoms. The van der Waals surface area contributed by atoms with Gasteiger partial charge in [-0.05, 0) is 44.9 Å². The van der Waals surface area contributed by atoms with Crippen LogP contribution in [0.2, 0.25) is 0 Å². The number of benzene rings is 2. The first kappa shape index (κ1) is 30.2. The van der Waals surface area contributed by atoms with E-state index >= 15 is 0 Å². The Bertz CT molecular complexity index is 1330. The standard InChI is InChI=1S/C27H33FN3O7P/c1-5-21(37-19(4)31-14-13-25(32)30-27(31)34)17-35-39(29-16-26(33)36-18(2)3)38-22-11-12-23(24(28)15-22)20-9-7-6-8-10-20/h6-15,18-19,21,29H,5,16-17H2,1-4H3,(H,30,32,34). The fourth-order valence-corrected chi connectivity index (χ4v) is 4.57. The van der Waals surface area contributed by atoms with E-state index in [4.69, 9.17) is 18.5 Å². The van der Waals surface area contributed by atoms with Crippen molar-refractivity contribution < 1.29 is 27.7 Å². The second-order valence-corrected chi connectivity index (χ2v) is 10.1. The number of rotatable bonds is 14. The lowest BCUT2D eigenvalue weighted by Crippen LogP contribution is -2.34. The summed E-state index contributed by atoms with van der Waals surface area (Å²) >= 11 is 0. The quantitative estimate of drug-likeness (QED) is 0.218. The molecule has 0 bridgehead atoms. The smallest absolute Gasteiger partial charge is 0.330 e. The van der Waals surface area contributed by atoms with Gasteiger partial charge in [-0.3, -0.25) is 19.1 Å². The summed E-state index contributed by atoms with van der Waals surface area (Å²) in [6.07, 6.45) is 0.437. The average molecular weight is 562 g/mol. The maximum atomic E-state index is 14.9. The molecule has 2 aromatic carbocycles. The van der Waals surface area contributed by atoms with E-state index < -0.39 is 43.9 Å². The molecule has 1 aromatic heterocycles. The zero-order chi connectivity index (χ0) is 28.4. The van der Waals surface area contributed by atoms with E-state index in [-0.39, 0.29) is 25.0 Å². The number of carbonyl (C=O) groups is 1. The maximum absolute atomic E-state index is 14.9. The van der Waals surface area contributed by atoms with Crippen molar-refractivity contribution in [2.45, 2.75) is 52.6 Å². The minimum Gasteiger partial charge on any atom is -0.462 e. The highest BCUT2D eigenvalue weighted by molar-refractivity contribution is 7.45. The molecular formula is C27H33FN3O7P. The third kappa shape index (κ3) is 9.40. The van der Waals surface area contributed by atoms with Crippen molar-refractivity contribution in [2.75, 3.05) is 13.2 Å². The highest BCUT2D eigenvalue weighted by Crippen LogP contribution is 2.37. The van der Waals surface area contributed by atoms with Crippen LogP contribution in [0.15, 0.2) is 70.4 Å². The summed E-state index contributed by atoms with van der Waals surface area (Å²) in [6, 6.07) is 14.8. The molecule has 0 aliphatic heterocycles. The Balaban J connectivity index is 1.69. The number of carbonyl (C=O) groups excluding carboxylic acids is 1. The molecule has 0 saturated carbocycles. The van der Waals surface area contributed by atoms with Crippen LogP contribution in [-0.2, 0) is 18.8 Å². The zero-order valence-corrected chi connectivity index (χ0v) is 23.2. The summed E-state index contributed by atoms with van der Waals surface area (Å²) in [5, 5.41) is 2.89. The Morgan fingerprint density at radius 1 is 1.10 bits per heavy atom. The van der Waals surface area contributed by atoms with Crippen molar-refractivity contribution in [1.82, 2.24) is 14.6 Å². The molecule has 2 N–H and O–H groups in total. The van der Waals surface area contributed by atoms with E-state index in [9.17, 15) is 18.8 Å². The van der Waals surface area contributed by atoms with Gasteiger partial charge in [0.15, 0.2) is 0 Å². The number of H-pyrrole nitrogens is 1. The number of aromatic amines is 1. The van der Waals surface area contributed by atoms with Crippen LogP contribution >= 0.6 is 8.53 Å². The number of esters is 1. The van der Waals surface area contributed by atoms with Gasteiger partial charge in [0.1, 0.15) is 24.3 Å². The molecular weight excluding hydrogens is 528 g/mol. The molecule has 3 rings (SSSR count). The lowest BCUT2D eigenvalue weighted by Gasteiger charge is -2.25. The molecule has 3 unspecified atom stereocenters. The Hall–Kier alpha value is -3.37. The summed E-state index contributed by atoms with van der Waals surface area (Å²) < 4.78 is 39.1. The van der Waals surface area contributed by atoms with Crippen LogP contribution < -0.4 is 20.9 Å². The Morgan fingerprint density at radius 2 is 1.85 bits per heavy atom. The van der Waals surface area contributed by atoms with Gasteiger partial charge in [-0.15, -0.1) is 0 Å². The maximum Gasteiger partial charge on any atom is 0.330 e. The van der Waals surface area contributed by atoms with E-state index in [1.807, 2.05) is 37.3 Å². The predicted octanol–water partition coefficient (Wildman–Crippen LogP) is 4.52. The fraction of sp³-hybridized carbons (Fsp3) is 0.370. The van der Waals surface area contributed by atoms with Gasteiger partial charge >= 0.3 is 20.2 Å². The van der Waals surface area contributed by atoms with Gasteiger partial charge in [0, 0.05) is 23.9 Å². The molecule has 0 amide bonds. The monoisotopic (exact) mass is 561 g/mol. The van der Waals surface area contributed by atoms with Gasteiger partial charge in [0.25, 0.3) is 5.56 Å². The molecule has 3 aromatic rings. The third-order valence-electron chi connectivity index (χ3n) is 5.40. The molecule has 3 atom stereocenters. The van der Waals surface area contributed by atoms with E-state index in [1.54, 1.807) is 32.9 Å². The molecule has 1 heterocycles. The first-order valence-electron chi connectivity index (χ1n) is 12.5. The van der Waals surface area contributed by atoms with Crippen LogP contribution in [0.3, 0.4) is 0 Å². The second kappa shape index (κ2) is 14.7. The summed E-state index contributed by atoms with van der Waals surface area (Å²) in [5.74, 6) is -0.752. The van der Waals surface area contributed by atoms with Gasteiger partial charge in [0.05, 0.1) is 18.8 Å². The van der Waals surface area contributed by atoms with Gasteiger partial charge in [-0.2, -0.15) is 0 Å². The number of hydrogen-bond acceptors (Lipinski definition) is 8. The van der Waals surface area contributed by atoms with Gasteiger partial charge in [-0.1, -0.05) is 37.3 Å². The van der Waals surface area contributed by atoms with Crippen LogP contribution in [0, 0.1) is 5.82 Å². The van der Waals surface area contributed by atoms with Gasteiger partial charge in [-0.25, -0.2) is 14.3 Å². The Labute approximate surface area is 227 Å². The number of hydrogen-bond donors (Lipinski definition) is 2. The molecule has 210 valence electrons. The highest BCUT2D eigenvalue weighted by Gasteiger charge is 2.21. The van der Waals surface area contributed by atoms with E-state index in [0.717, 1.165) is 5.56 Å². The predicted molar refractivity (Wildman–Crippen MR) is 146 cm³/mol. The Kier molecular flexibility index (Phi) is 11.4. The lowest BCUT2D eigenvalue weighted by molar-refractivity contribution is -0.145. The summed E-state index contributed by atoms with van der Waals surface area (Å²) in [6.45, 7) is 6.88. The fourth-order valence-electron chi connectivity index (χ4n) is 3.50. The molecule has 12 heteroatoms. The third-order valence-corrected chi connectivity index (χ3v) is 6.58. The van der Waals surface area contributed by atoms with Crippen LogP contribution in [0.1, 0.15) is 40.3 Å². The first-order chi connectivity index (χ1) is 18.7. The van der Waals surface area contributed by atoms with E-state index in [2.05, 4.69) is 10.1 Å². The summed E-state index contributed by atoms with van der Waals surface area (Å²) in [4.78, 5) is 37.7. The molecule has 10 nitrogen and oxygen atoms in total. The van der Waals surface area contributed by atoms with Crippen LogP contribution in [0.5, 0.6) is 5.75 Å². The van der Waals surface area contributed by atoms with Gasteiger partial charge < -0.3 is 18.5 Å². The number of nitrogens with one attached hydrogen (secondary N) is 2. The summed E-state index contributed by atoms with van der Waals surface area (Å²) in [5.41, 5.74) is 0.0560. The van der Waals surface area contributed by atoms with E-state index in [1.165, 1.54) is 22.9 Å². The number of ether oxygens (including phenoxy) is 2.